The molecule has 8 rings (SSSR count). The van der Waals surface area contributed by atoms with E-state index in [1.54, 1.807) is 0 Å². The molecule has 0 aliphatic rings. The summed E-state index contributed by atoms with van der Waals surface area (Å²) in [6.45, 7) is 0. The van der Waals surface area contributed by atoms with Crippen LogP contribution in [0, 0.1) is 0 Å². The van der Waals surface area contributed by atoms with Crippen LogP contribution in [0.15, 0.2) is 170 Å². The molecule has 0 unspecified atom stereocenters. The van der Waals surface area contributed by atoms with E-state index in [1.807, 2.05) is 0 Å². The van der Waals surface area contributed by atoms with E-state index in [0.29, 0.717) is 0 Å². The van der Waals surface area contributed by atoms with Crippen molar-refractivity contribution in [2.45, 2.75) is 0 Å². The Kier molecular flexibility index (Phi) is 5.90. The Morgan fingerprint density at radius 1 is 0.238 bits per heavy atom. The van der Waals surface area contributed by atoms with Crippen LogP contribution in [0.5, 0.6) is 0 Å². The van der Waals surface area contributed by atoms with Crippen molar-refractivity contribution in [3.63, 3.8) is 0 Å². The van der Waals surface area contributed by atoms with Gasteiger partial charge in [-0.2, -0.15) is 0 Å². The Morgan fingerprint density at radius 3 is 1.33 bits per heavy atom. The molecule has 8 aromatic rings. The zero-order valence-corrected chi connectivity index (χ0v) is 23.2. The monoisotopic (exact) mass is 532 g/mol. The van der Waals surface area contributed by atoms with Gasteiger partial charge in [0, 0.05) is 0 Å². The van der Waals surface area contributed by atoms with Crippen LogP contribution < -0.4 is 0 Å². The molecular weight excluding hydrogens is 504 g/mol. The minimum atomic E-state index is 1.22. The highest BCUT2D eigenvalue weighted by molar-refractivity contribution is 6.24. The second-order valence-corrected chi connectivity index (χ2v) is 10.9. The molecule has 0 spiro atoms. The molecule has 0 nitrogen and oxygen atoms in total. The van der Waals surface area contributed by atoms with Crippen molar-refractivity contribution in [3.05, 3.63) is 170 Å². The first kappa shape index (κ1) is 24.3. The van der Waals surface area contributed by atoms with Gasteiger partial charge in [-0.25, -0.2) is 0 Å². The average molecular weight is 533 g/mol. The normalized spacial score (nSPS) is 11.3. The van der Waals surface area contributed by atoms with E-state index in [9.17, 15) is 0 Å². The maximum Gasteiger partial charge on any atom is -0.00201 e. The molecule has 0 aliphatic heterocycles. The van der Waals surface area contributed by atoms with Crippen molar-refractivity contribution in [3.8, 4) is 44.5 Å². The van der Waals surface area contributed by atoms with Crippen molar-refractivity contribution in [2.24, 2.45) is 0 Å². The minimum absolute atomic E-state index is 1.22. The first-order chi connectivity index (χ1) is 20.9. The highest BCUT2D eigenvalue weighted by Crippen LogP contribution is 2.47. The predicted molar refractivity (Wildman–Crippen MR) is 181 cm³/mol. The van der Waals surface area contributed by atoms with Gasteiger partial charge in [0.25, 0.3) is 0 Å². The summed E-state index contributed by atoms with van der Waals surface area (Å²) >= 11 is 0. The van der Waals surface area contributed by atoms with Crippen LogP contribution in [0.25, 0.3) is 76.8 Å². The zero-order chi connectivity index (χ0) is 27.9. The van der Waals surface area contributed by atoms with Crippen molar-refractivity contribution in [2.75, 3.05) is 0 Å². The Morgan fingerprint density at radius 2 is 0.714 bits per heavy atom. The van der Waals surface area contributed by atoms with Gasteiger partial charge >= 0.3 is 0 Å². The zero-order valence-electron chi connectivity index (χ0n) is 23.2. The second-order valence-electron chi connectivity index (χ2n) is 10.9. The fourth-order valence-corrected chi connectivity index (χ4v) is 6.58. The summed E-state index contributed by atoms with van der Waals surface area (Å²) < 4.78 is 0. The van der Waals surface area contributed by atoms with Crippen LogP contribution in [-0.4, -0.2) is 0 Å². The SMILES string of the molecule is c1ccc(-c2ccc(-c3c4ccccc4c(-c4cccc5ccccc45)c4ccccc34)c(-c3ccccc3)c2)cc1. The Labute approximate surface area is 246 Å². The van der Waals surface area contributed by atoms with Gasteiger partial charge in [0.15, 0.2) is 0 Å². The largest absolute Gasteiger partial charge is 0.0622 e. The molecule has 42 heavy (non-hydrogen) atoms. The van der Waals surface area contributed by atoms with Gasteiger partial charge < -0.3 is 0 Å². The van der Waals surface area contributed by atoms with Gasteiger partial charge in [0.1, 0.15) is 0 Å². The summed E-state index contributed by atoms with van der Waals surface area (Å²) in [5.41, 5.74) is 10.0. The highest BCUT2D eigenvalue weighted by atomic mass is 14.2. The third-order valence-electron chi connectivity index (χ3n) is 8.47. The van der Waals surface area contributed by atoms with E-state index in [1.165, 1.54) is 76.8 Å². The molecule has 0 saturated heterocycles. The van der Waals surface area contributed by atoms with Crippen molar-refractivity contribution in [1.82, 2.24) is 0 Å². The lowest BCUT2D eigenvalue weighted by Crippen LogP contribution is -1.94. The van der Waals surface area contributed by atoms with Crippen molar-refractivity contribution in [1.29, 1.82) is 0 Å². The first-order valence-electron chi connectivity index (χ1n) is 14.5. The fraction of sp³-hybridized carbons (Fsp3) is 0. The molecule has 196 valence electrons. The molecule has 0 fully saturated rings. The summed E-state index contributed by atoms with van der Waals surface area (Å²) in [5, 5.41) is 7.62. The summed E-state index contributed by atoms with van der Waals surface area (Å²) in [4.78, 5) is 0. The Bertz CT molecular complexity index is 2160. The van der Waals surface area contributed by atoms with Crippen LogP contribution in [0.4, 0.5) is 0 Å². The van der Waals surface area contributed by atoms with Gasteiger partial charge in [0.2, 0.25) is 0 Å². The standard InChI is InChI=1S/C42H28/c1-3-14-29(15-4-1)32-26-27-39(40(28-32)31-16-5-2-6-17-31)42-37-23-11-9-21-35(37)41(36-22-10-12-24-38(36)42)34-25-13-19-30-18-7-8-20-33(30)34/h1-28H. The maximum absolute atomic E-state index is 2.36. The molecule has 0 atom stereocenters. The predicted octanol–water partition coefficient (Wildman–Crippen LogP) is 11.8. The molecular formula is C42H28. The first-order valence-corrected chi connectivity index (χ1v) is 14.5. The van der Waals surface area contributed by atoms with E-state index >= 15 is 0 Å². The van der Waals surface area contributed by atoms with E-state index in [2.05, 4.69) is 170 Å². The lowest BCUT2D eigenvalue weighted by Gasteiger charge is -2.21. The molecule has 0 aromatic heterocycles. The van der Waals surface area contributed by atoms with Crippen LogP contribution >= 0.6 is 0 Å². The fourth-order valence-electron chi connectivity index (χ4n) is 6.58. The number of hydrogen-bond donors (Lipinski definition) is 0. The number of fused-ring (bicyclic) bond motifs is 3. The van der Waals surface area contributed by atoms with E-state index in [-0.39, 0.29) is 0 Å². The minimum Gasteiger partial charge on any atom is -0.0622 e. The van der Waals surface area contributed by atoms with Crippen LogP contribution in [0.3, 0.4) is 0 Å². The van der Waals surface area contributed by atoms with Gasteiger partial charge in [-0.05, 0) is 82.9 Å². The molecule has 0 amide bonds. The van der Waals surface area contributed by atoms with Crippen LogP contribution in [0.1, 0.15) is 0 Å². The molecule has 0 radical (unpaired) electrons. The quantitative estimate of drug-likeness (QED) is 0.198. The third kappa shape index (κ3) is 4.00. The van der Waals surface area contributed by atoms with E-state index in [4.69, 9.17) is 0 Å². The summed E-state index contributed by atoms with van der Waals surface area (Å²) in [6.07, 6.45) is 0. The van der Waals surface area contributed by atoms with E-state index < -0.39 is 0 Å². The third-order valence-corrected chi connectivity index (χ3v) is 8.47. The average Bonchev–Trinajstić information content (AvgIpc) is 3.07. The molecule has 0 bridgehead atoms. The van der Waals surface area contributed by atoms with Gasteiger partial charge in [0.05, 0.1) is 0 Å². The molecule has 0 heterocycles. The number of hydrogen-bond acceptors (Lipinski definition) is 0. The van der Waals surface area contributed by atoms with Gasteiger partial charge in [-0.15, -0.1) is 0 Å². The van der Waals surface area contributed by atoms with Crippen LogP contribution in [0.2, 0.25) is 0 Å². The van der Waals surface area contributed by atoms with Crippen molar-refractivity contribution >= 4 is 32.3 Å². The Balaban J connectivity index is 1.50. The molecule has 0 N–H and O–H groups in total. The summed E-state index contributed by atoms with van der Waals surface area (Å²) in [7, 11) is 0. The van der Waals surface area contributed by atoms with Crippen LogP contribution in [-0.2, 0) is 0 Å². The van der Waals surface area contributed by atoms with Gasteiger partial charge in [-0.1, -0.05) is 164 Å². The number of benzene rings is 8. The smallest absolute Gasteiger partial charge is 0.00201 e. The lowest BCUT2D eigenvalue weighted by molar-refractivity contribution is 1.58. The van der Waals surface area contributed by atoms with Gasteiger partial charge in [-0.3, -0.25) is 0 Å². The molecule has 0 saturated carbocycles. The van der Waals surface area contributed by atoms with E-state index in [0.717, 1.165) is 0 Å². The number of rotatable bonds is 4. The molecule has 0 aliphatic carbocycles. The molecule has 8 aromatic carbocycles. The summed E-state index contributed by atoms with van der Waals surface area (Å²) in [5.74, 6) is 0. The highest BCUT2D eigenvalue weighted by Gasteiger charge is 2.20. The van der Waals surface area contributed by atoms with Crippen molar-refractivity contribution < 1.29 is 0 Å². The lowest BCUT2D eigenvalue weighted by atomic mass is 9.82. The second kappa shape index (κ2) is 10.2. The topological polar surface area (TPSA) is 0 Å². The summed E-state index contributed by atoms with van der Waals surface area (Å²) in [6, 6.07) is 61.7. The molecule has 0 heteroatoms. The Hall–Kier alpha value is -5.46. The maximum atomic E-state index is 2.36.